The number of halogens is 1. The van der Waals surface area contributed by atoms with Gasteiger partial charge < -0.3 is 10.0 Å². The largest absolute Gasteiger partial charge is 0.396 e. The van der Waals surface area contributed by atoms with Crippen LogP contribution in [0, 0.1) is 5.82 Å². The maximum Gasteiger partial charge on any atom is 0.254 e. The quantitative estimate of drug-likeness (QED) is 0.883. The van der Waals surface area contributed by atoms with Crippen LogP contribution in [0.5, 0.6) is 0 Å². The highest BCUT2D eigenvalue weighted by Crippen LogP contribution is 2.10. The van der Waals surface area contributed by atoms with Gasteiger partial charge >= 0.3 is 0 Å². The van der Waals surface area contributed by atoms with Crippen LogP contribution in [-0.4, -0.2) is 60.1 Å². The number of hydrogen-bond donors (Lipinski definition) is 1. The predicted molar refractivity (Wildman–Crippen MR) is 70.4 cm³/mol. The zero-order valence-electron chi connectivity index (χ0n) is 10.9. The highest BCUT2D eigenvalue weighted by Gasteiger charge is 2.21. The summed E-state index contributed by atoms with van der Waals surface area (Å²) in [5, 5.41) is 8.79. The number of amides is 1. The average molecular weight is 266 g/mol. The Morgan fingerprint density at radius 2 is 2.00 bits per heavy atom. The minimum Gasteiger partial charge on any atom is -0.396 e. The second kappa shape index (κ2) is 6.63. The van der Waals surface area contributed by atoms with Gasteiger partial charge in [-0.2, -0.15) is 0 Å². The molecular weight excluding hydrogens is 247 g/mol. The third-order valence-corrected chi connectivity index (χ3v) is 3.36. The van der Waals surface area contributed by atoms with Crippen LogP contribution in [0.2, 0.25) is 0 Å². The van der Waals surface area contributed by atoms with Gasteiger partial charge in [0, 0.05) is 44.9 Å². The molecule has 1 N–H and O–H groups in total. The molecule has 1 aromatic carbocycles. The molecule has 19 heavy (non-hydrogen) atoms. The van der Waals surface area contributed by atoms with Crippen LogP contribution in [0.1, 0.15) is 16.8 Å². The Balaban J connectivity index is 1.89. The van der Waals surface area contributed by atoms with Gasteiger partial charge in [0.1, 0.15) is 5.82 Å². The molecule has 1 heterocycles. The van der Waals surface area contributed by atoms with Crippen LogP contribution in [0.4, 0.5) is 4.39 Å². The molecule has 0 aliphatic carbocycles. The van der Waals surface area contributed by atoms with Crippen LogP contribution in [-0.2, 0) is 0 Å². The summed E-state index contributed by atoms with van der Waals surface area (Å²) in [6, 6.07) is 5.81. The number of hydrogen-bond acceptors (Lipinski definition) is 3. The summed E-state index contributed by atoms with van der Waals surface area (Å²) in [4.78, 5) is 16.2. The molecule has 5 heteroatoms. The number of carbonyl (C=O) groups is 1. The van der Waals surface area contributed by atoms with Crippen LogP contribution in [0.3, 0.4) is 0 Å². The Morgan fingerprint density at radius 1 is 1.26 bits per heavy atom. The van der Waals surface area contributed by atoms with E-state index in [4.69, 9.17) is 5.11 Å². The molecule has 1 amide bonds. The molecule has 1 saturated heterocycles. The topological polar surface area (TPSA) is 43.8 Å². The Hall–Kier alpha value is -1.46. The smallest absolute Gasteiger partial charge is 0.254 e. The maximum absolute atomic E-state index is 13.1. The van der Waals surface area contributed by atoms with Crippen molar-refractivity contribution in [3.8, 4) is 0 Å². The van der Waals surface area contributed by atoms with Gasteiger partial charge in [0.25, 0.3) is 5.91 Å². The number of nitrogens with zero attached hydrogens (tertiary/aromatic N) is 2. The first-order valence-corrected chi connectivity index (χ1v) is 6.59. The second-order valence-electron chi connectivity index (χ2n) is 4.72. The van der Waals surface area contributed by atoms with Crippen molar-refractivity contribution in [2.45, 2.75) is 6.42 Å². The van der Waals surface area contributed by atoms with Crippen molar-refractivity contribution in [1.82, 2.24) is 9.80 Å². The Morgan fingerprint density at radius 3 is 2.63 bits per heavy atom. The fourth-order valence-corrected chi connectivity index (χ4v) is 2.27. The first kappa shape index (κ1) is 14.0. The number of piperazine rings is 1. The molecule has 1 aliphatic rings. The highest BCUT2D eigenvalue weighted by molar-refractivity contribution is 5.94. The van der Waals surface area contributed by atoms with Crippen LogP contribution in [0.25, 0.3) is 0 Å². The predicted octanol–water partition coefficient (Wildman–Crippen LogP) is 0.966. The number of aliphatic hydroxyl groups is 1. The van der Waals surface area contributed by atoms with E-state index in [9.17, 15) is 9.18 Å². The van der Waals surface area contributed by atoms with Gasteiger partial charge in [-0.05, 0) is 24.6 Å². The SMILES string of the molecule is O=C(c1cccc(F)c1)N1CCN(CCCO)CC1. The Labute approximate surface area is 112 Å². The lowest BCUT2D eigenvalue weighted by Crippen LogP contribution is -2.48. The van der Waals surface area contributed by atoms with E-state index in [2.05, 4.69) is 4.90 Å². The van der Waals surface area contributed by atoms with Crippen molar-refractivity contribution < 1.29 is 14.3 Å². The van der Waals surface area contributed by atoms with E-state index in [-0.39, 0.29) is 18.3 Å². The first-order valence-electron chi connectivity index (χ1n) is 6.59. The number of carbonyl (C=O) groups excluding carboxylic acids is 1. The molecule has 1 aliphatic heterocycles. The standard InChI is InChI=1S/C14H19FN2O2/c15-13-4-1-3-12(11-13)14(19)17-8-6-16(7-9-17)5-2-10-18/h1,3-4,11,18H,2,5-10H2. The summed E-state index contributed by atoms with van der Waals surface area (Å²) >= 11 is 0. The summed E-state index contributed by atoms with van der Waals surface area (Å²) < 4.78 is 13.1. The van der Waals surface area contributed by atoms with E-state index in [1.807, 2.05) is 0 Å². The summed E-state index contributed by atoms with van der Waals surface area (Å²) in [5.41, 5.74) is 0.406. The second-order valence-corrected chi connectivity index (χ2v) is 4.72. The molecule has 0 radical (unpaired) electrons. The molecule has 0 bridgehead atoms. The van der Waals surface area contributed by atoms with Gasteiger partial charge in [0.2, 0.25) is 0 Å². The molecule has 0 spiro atoms. The third kappa shape index (κ3) is 3.75. The van der Waals surface area contributed by atoms with Crippen molar-refractivity contribution in [2.75, 3.05) is 39.3 Å². The van der Waals surface area contributed by atoms with Crippen LogP contribution >= 0.6 is 0 Å². The van der Waals surface area contributed by atoms with Gasteiger partial charge in [-0.15, -0.1) is 0 Å². The summed E-state index contributed by atoms with van der Waals surface area (Å²) in [7, 11) is 0. The molecule has 1 fully saturated rings. The molecule has 0 unspecified atom stereocenters. The summed E-state index contributed by atoms with van der Waals surface area (Å²) in [6.07, 6.45) is 0.762. The van der Waals surface area contributed by atoms with E-state index in [0.29, 0.717) is 18.7 Å². The van der Waals surface area contributed by atoms with Gasteiger partial charge in [-0.3, -0.25) is 9.69 Å². The average Bonchev–Trinajstić information content (AvgIpc) is 2.45. The maximum atomic E-state index is 13.1. The van der Waals surface area contributed by atoms with E-state index in [0.717, 1.165) is 26.1 Å². The van der Waals surface area contributed by atoms with E-state index in [1.165, 1.54) is 12.1 Å². The molecule has 4 nitrogen and oxygen atoms in total. The zero-order valence-corrected chi connectivity index (χ0v) is 10.9. The zero-order chi connectivity index (χ0) is 13.7. The number of rotatable bonds is 4. The number of aliphatic hydroxyl groups excluding tert-OH is 1. The minimum absolute atomic E-state index is 0.110. The molecule has 104 valence electrons. The molecule has 2 rings (SSSR count). The van der Waals surface area contributed by atoms with Gasteiger partial charge in [0.05, 0.1) is 0 Å². The molecule has 1 aromatic rings. The van der Waals surface area contributed by atoms with E-state index in [1.54, 1.807) is 17.0 Å². The van der Waals surface area contributed by atoms with Crippen molar-refractivity contribution >= 4 is 5.91 Å². The van der Waals surface area contributed by atoms with E-state index < -0.39 is 0 Å². The van der Waals surface area contributed by atoms with Crippen molar-refractivity contribution in [3.05, 3.63) is 35.6 Å². The lowest BCUT2D eigenvalue weighted by Gasteiger charge is -2.34. The summed E-state index contributed by atoms with van der Waals surface area (Å²) in [5.74, 6) is -0.492. The fourth-order valence-electron chi connectivity index (χ4n) is 2.27. The third-order valence-electron chi connectivity index (χ3n) is 3.36. The van der Waals surface area contributed by atoms with Gasteiger partial charge in [-0.25, -0.2) is 4.39 Å². The number of benzene rings is 1. The van der Waals surface area contributed by atoms with Crippen LogP contribution in [0.15, 0.2) is 24.3 Å². The van der Waals surface area contributed by atoms with Crippen molar-refractivity contribution in [1.29, 1.82) is 0 Å². The van der Waals surface area contributed by atoms with Gasteiger partial charge in [-0.1, -0.05) is 6.07 Å². The Bertz CT molecular complexity index is 431. The van der Waals surface area contributed by atoms with Crippen LogP contribution < -0.4 is 0 Å². The normalized spacial score (nSPS) is 16.6. The van der Waals surface area contributed by atoms with E-state index >= 15 is 0 Å². The Kier molecular flexibility index (Phi) is 4.87. The first-order chi connectivity index (χ1) is 9.20. The van der Waals surface area contributed by atoms with Crippen molar-refractivity contribution in [3.63, 3.8) is 0 Å². The van der Waals surface area contributed by atoms with Gasteiger partial charge in [0.15, 0.2) is 0 Å². The molecule has 0 saturated carbocycles. The molecule has 0 aromatic heterocycles. The van der Waals surface area contributed by atoms with Crippen molar-refractivity contribution in [2.24, 2.45) is 0 Å². The minimum atomic E-state index is -0.382. The highest BCUT2D eigenvalue weighted by atomic mass is 19.1. The lowest BCUT2D eigenvalue weighted by atomic mass is 10.1. The lowest BCUT2D eigenvalue weighted by molar-refractivity contribution is 0.0628. The summed E-state index contributed by atoms with van der Waals surface area (Å²) in [6.45, 7) is 3.98. The molecular formula is C14H19FN2O2. The molecule has 0 atom stereocenters. The monoisotopic (exact) mass is 266 g/mol. The fraction of sp³-hybridized carbons (Fsp3) is 0.500.